The molecule has 0 aliphatic carbocycles. The number of H-pyrrole nitrogens is 1. The number of aryl methyl sites for hydroxylation is 2. The van der Waals surface area contributed by atoms with Crippen LogP contribution in [-0.4, -0.2) is 48.6 Å². The van der Waals surface area contributed by atoms with E-state index >= 15 is 0 Å². The Morgan fingerprint density at radius 1 is 1.18 bits per heavy atom. The van der Waals surface area contributed by atoms with E-state index in [1.165, 1.54) is 0 Å². The molecule has 0 atom stereocenters. The van der Waals surface area contributed by atoms with E-state index < -0.39 is 0 Å². The van der Waals surface area contributed by atoms with E-state index in [2.05, 4.69) is 40.5 Å². The predicted octanol–water partition coefficient (Wildman–Crippen LogP) is 3.73. The zero-order chi connectivity index (χ0) is 24.7. The van der Waals surface area contributed by atoms with Gasteiger partial charge in [0.15, 0.2) is 0 Å². The quantitative estimate of drug-likeness (QED) is 0.617. The minimum absolute atomic E-state index is 0.165. The van der Waals surface area contributed by atoms with Gasteiger partial charge in [0.05, 0.1) is 19.8 Å². The molecule has 2 heterocycles. The van der Waals surface area contributed by atoms with Gasteiger partial charge in [0.1, 0.15) is 0 Å². The molecule has 0 spiro atoms. The molecule has 1 amide bonds. The highest BCUT2D eigenvalue weighted by Gasteiger charge is 2.16. The van der Waals surface area contributed by atoms with Crippen LogP contribution in [0.5, 0.6) is 0 Å². The van der Waals surface area contributed by atoms with E-state index in [1.54, 1.807) is 0 Å². The lowest BCUT2D eigenvalue weighted by atomic mass is 9.92. The van der Waals surface area contributed by atoms with E-state index in [0.29, 0.717) is 17.7 Å². The smallest absolute Gasteiger partial charge is 0.253 e. The SMILES string of the molecule is C=C(CCC)c1cc(C#CCN2CCOCC2)cc(C(=O)NCc2c(C)cc(C)[nH]c2=O)c1C. The van der Waals surface area contributed by atoms with Gasteiger partial charge in [-0.25, -0.2) is 0 Å². The number of aromatic amines is 1. The van der Waals surface area contributed by atoms with Gasteiger partial charge in [-0.3, -0.25) is 14.5 Å². The molecule has 0 unspecified atom stereocenters. The maximum atomic E-state index is 13.2. The Kier molecular flexibility index (Phi) is 8.86. The molecule has 0 bridgehead atoms. The minimum atomic E-state index is -0.223. The lowest BCUT2D eigenvalue weighted by Gasteiger charge is -2.24. The summed E-state index contributed by atoms with van der Waals surface area (Å²) in [4.78, 5) is 30.6. The summed E-state index contributed by atoms with van der Waals surface area (Å²) in [5, 5.41) is 2.93. The number of benzene rings is 1. The van der Waals surface area contributed by atoms with Crippen molar-refractivity contribution in [3.05, 3.63) is 74.2 Å². The first-order valence-electron chi connectivity index (χ1n) is 11.9. The molecule has 2 aromatic rings. The second-order valence-electron chi connectivity index (χ2n) is 8.87. The molecule has 0 saturated carbocycles. The van der Waals surface area contributed by atoms with Gasteiger partial charge in [-0.2, -0.15) is 0 Å². The van der Waals surface area contributed by atoms with Crippen LogP contribution in [0.15, 0.2) is 29.6 Å². The highest BCUT2D eigenvalue weighted by Crippen LogP contribution is 2.26. The van der Waals surface area contributed by atoms with Crippen molar-refractivity contribution < 1.29 is 9.53 Å². The number of pyridine rings is 1. The third kappa shape index (κ3) is 6.47. The second kappa shape index (κ2) is 11.8. The zero-order valence-corrected chi connectivity index (χ0v) is 20.8. The molecule has 1 aromatic carbocycles. The van der Waals surface area contributed by atoms with Crippen LogP contribution in [0.1, 0.15) is 63.6 Å². The number of carbonyl (C=O) groups excluding carboxylic acids is 1. The summed E-state index contributed by atoms with van der Waals surface area (Å²) in [6.07, 6.45) is 1.83. The summed E-state index contributed by atoms with van der Waals surface area (Å²) in [6.45, 7) is 16.1. The van der Waals surface area contributed by atoms with Crippen molar-refractivity contribution in [3.63, 3.8) is 0 Å². The number of ether oxygens (including phenoxy) is 1. The number of aromatic nitrogens is 1. The Hall–Kier alpha value is -3.14. The number of carbonyl (C=O) groups is 1. The predicted molar refractivity (Wildman–Crippen MR) is 137 cm³/mol. The molecule has 6 heteroatoms. The van der Waals surface area contributed by atoms with Crippen LogP contribution in [0.4, 0.5) is 0 Å². The van der Waals surface area contributed by atoms with Crippen molar-refractivity contribution in [1.29, 1.82) is 0 Å². The Balaban J connectivity index is 1.86. The number of amides is 1. The molecule has 3 rings (SSSR count). The summed E-state index contributed by atoms with van der Waals surface area (Å²) >= 11 is 0. The summed E-state index contributed by atoms with van der Waals surface area (Å²) < 4.78 is 5.39. The van der Waals surface area contributed by atoms with Crippen LogP contribution in [0, 0.1) is 32.6 Å². The van der Waals surface area contributed by atoms with Crippen molar-refractivity contribution in [1.82, 2.24) is 15.2 Å². The van der Waals surface area contributed by atoms with E-state index in [9.17, 15) is 9.59 Å². The van der Waals surface area contributed by atoms with Gasteiger partial charge in [-0.15, -0.1) is 0 Å². The Bertz CT molecular complexity index is 1180. The van der Waals surface area contributed by atoms with Crippen LogP contribution in [0.3, 0.4) is 0 Å². The van der Waals surface area contributed by atoms with E-state index in [0.717, 1.165) is 72.7 Å². The molecule has 1 aromatic heterocycles. The average molecular weight is 462 g/mol. The maximum absolute atomic E-state index is 13.2. The largest absolute Gasteiger partial charge is 0.379 e. The first-order chi connectivity index (χ1) is 16.3. The van der Waals surface area contributed by atoms with Gasteiger partial charge in [0, 0.05) is 42.0 Å². The zero-order valence-electron chi connectivity index (χ0n) is 20.8. The fraction of sp³-hybridized carbons (Fsp3) is 0.429. The van der Waals surface area contributed by atoms with Crippen LogP contribution < -0.4 is 10.9 Å². The van der Waals surface area contributed by atoms with E-state index in [1.807, 2.05) is 39.0 Å². The van der Waals surface area contributed by atoms with Gasteiger partial charge >= 0.3 is 0 Å². The van der Waals surface area contributed by atoms with Crippen LogP contribution >= 0.6 is 0 Å². The van der Waals surface area contributed by atoms with Crippen LogP contribution in [0.25, 0.3) is 5.57 Å². The molecule has 6 nitrogen and oxygen atoms in total. The van der Waals surface area contributed by atoms with Crippen molar-refractivity contribution in [2.24, 2.45) is 0 Å². The summed E-state index contributed by atoms with van der Waals surface area (Å²) in [5.41, 5.74) is 6.25. The summed E-state index contributed by atoms with van der Waals surface area (Å²) in [5.74, 6) is 6.27. The third-order valence-electron chi connectivity index (χ3n) is 6.14. The van der Waals surface area contributed by atoms with Crippen LogP contribution in [0.2, 0.25) is 0 Å². The Morgan fingerprint density at radius 2 is 1.88 bits per heavy atom. The van der Waals surface area contributed by atoms with Crippen molar-refractivity contribution >= 4 is 11.5 Å². The highest BCUT2D eigenvalue weighted by atomic mass is 16.5. The lowest BCUT2D eigenvalue weighted by molar-refractivity contribution is 0.0443. The van der Waals surface area contributed by atoms with Gasteiger partial charge in [-0.1, -0.05) is 31.8 Å². The topological polar surface area (TPSA) is 74.4 Å². The molecule has 0 radical (unpaired) electrons. The maximum Gasteiger partial charge on any atom is 0.253 e. The number of hydrogen-bond donors (Lipinski definition) is 2. The normalized spacial score (nSPS) is 13.8. The van der Waals surface area contributed by atoms with Crippen LogP contribution in [-0.2, 0) is 11.3 Å². The van der Waals surface area contributed by atoms with E-state index in [4.69, 9.17) is 4.74 Å². The minimum Gasteiger partial charge on any atom is -0.379 e. The number of morpholine rings is 1. The van der Waals surface area contributed by atoms with Gasteiger partial charge in [-0.05, 0) is 67.7 Å². The second-order valence-corrected chi connectivity index (χ2v) is 8.87. The molecular weight excluding hydrogens is 426 g/mol. The lowest BCUT2D eigenvalue weighted by Crippen LogP contribution is -2.36. The van der Waals surface area contributed by atoms with E-state index in [-0.39, 0.29) is 18.0 Å². The first-order valence-corrected chi connectivity index (χ1v) is 11.9. The number of allylic oxidation sites excluding steroid dienone is 1. The summed E-state index contributed by atoms with van der Waals surface area (Å²) in [7, 11) is 0. The van der Waals surface area contributed by atoms with Crippen molar-refractivity contribution in [3.8, 4) is 11.8 Å². The molecule has 2 N–H and O–H groups in total. The molecule has 1 aliphatic rings. The van der Waals surface area contributed by atoms with Gasteiger partial charge in [0.2, 0.25) is 0 Å². The number of nitrogens with one attached hydrogen (secondary N) is 2. The fourth-order valence-electron chi connectivity index (χ4n) is 4.20. The average Bonchev–Trinajstić information content (AvgIpc) is 2.80. The Morgan fingerprint density at radius 3 is 2.56 bits per heavy atom. The fourth-order valence-corrected chi connectivity index (χ4v) is 4.20. The number of rotatable bonds is 7. The molecule has 34 heavy (non-hydrogen) atoms. The first kappa shape index (κ1) is 25.5. The molecule has 180 valence electrons. The third-order valence-corrected chi connectivity index (χ3v) is 6.14. The number of hydrogen-bond acceptors (Lipinski definition) is 4. The van der Waals surface area contributed by atoms with Gasteiger partial charge in [0.25, 0.3) is 11.5 Å². The van der Waals surface area contributed by atoms with Crippen molar-refractivity contribution in [2.75, 3.05) is 32.8 Å². The van der Waals surface area contributed by atoms with Crippen molar-refractivity contribution in [2.45, 2.75) is 47.1 Å². The monoisotopic (exact) mass is 461 g/mol. The molecule has 1 saturated heterocycles. The molecule has 1 fully saturated rings. The number of nitrogens with zero attached hydrogens (tertiary/aromatic N) is 1. The Labute approximate surface area is 202 Å². The molecule has 1 aliphatic heterocycles. The van der Waals surface area contributed by atoms with Gasteiger partial charge < -0.3 is 15.0 Å². The standard InChI is InChI=1S/C28H35N3O3/c1-6-8-19(2)24-16-23(9-7-10-31-11-13-34-14-12-31)17-25(22(24)5)27(32)29-18-26-20(3)15-21(4)30-28(26)33/h15-17H,2,6,8,10-14,18H2,1,3-5H3,(H,29,32)(H,30,33). The summed E-state index contributed by atoms with van der Waals surface area (Å²) in [6, 6.07) is 5.78. The molecular formula is C28H35N3O3. The highest BCUT2D eigenvalue weighted by molar-refractivity contribution is 5.97.